The zero-order chi connectivity index (χ0) is 24.9. The zero-order valence-corrected chi connectivity index (χ0v) is 18.1. The predicted molar refractivity (Wildman–Crippen MR) is 117 cm³/mol. The molecule has 0 radical (unpaired) electrons. The number of benzene rings is 2. The number of fused-ring (bicyclic) bond motifs is 5. The lowest BCUT2D eigenvalue weighted by Gasteiger charge is -2.17. The molecule has 2 aromatic rings. The van der Waals surface area contributed by atoms with E-state index in [2.05, 4.69) is 5.32 Å². The van der Waals surface area contributed by atoms with E-state index < -0.39 is 30.2 Å². The summed E-state index contributed by atoms with van der Waals surface area (Å²) in [5.41, 5.74) is -0.567. The molecule has 35 heavy (non-hydrogen) atoms. The van der Waals surface area contributed by atoms with Gasteiger partial charge in [-0.05, 0) is 60.7 Å². The molecule has 3 aliphatic rings. The van der Waals surface area contributed by atoms with Crippen molar-refractivity contribution in [2.75, 3.05) is 16.8 Å². The number of ether oxygens (including phenoxy) is 1. The first-order valence-electron chi connectivity index (χ1n) is 10.9. The number of esters is 1. The maximum atomic E-state index is 12.9. The van der Waals surface area contributed by atoms with Crippen molar-refractivity contribution in [1.82, 2.24) is 0 Å². The number of allylic oxidation sites excluding steroid dienone is 2. The van der Waals surface area contributed by atoms with Gasteiger partial charge in [-0.2, -0.15) is 13.2 Å². The van der Waals surface area contributed by atoms with Crippen LogP contribution in [-0.4, -0.2) is 30.3 Å². The Labute approximate surface area is 197 Å². The molecule has 0 spiro atoms. The summed E-state index contributed by atoms with van der Waals surface area (Å²) in [4.78, 5) is 51.2. The van der Waals surface area contributed by atoms with Gasteiger partial charge in [0.25, 0.3) is 5.91 Å². The number of hydrogen-bond donors (Lipinski definition) is 1. The van der Waals surface area contributed by atoms with Crippen LogP contribution in [0, 0.1) is 23.7 Å². The largest absolute Gasteiger partial charge is 0.452 e. The molecule has 0 unspecified atom stereocenters. The van der Waals surface area contributed by atoms with Gasteiger partial charge in [-0.1, -0.05) is 18.2 Å². The molecule has 2 aliphatic carbocycles. The summed E-state index contributed by atoms with van der Waals surface area (Å²) in [6, 6.07) is 9.76. The zero-order valence-electron chi connectivity index (χ0n) is 18.1. The fourth-order valence-electron chi connectivity index (χ4n) is 5.09. The van der Waals surface area contributed by atoms with Crippen LogP contribution < -0.4 is 10.2 Å². The molecule has 10 heteroatoms. The van der Waals surface area contributed by atoms with E-state index in [0.29, 0.717) is 5.69 Å². The van der Waals surface area contributed by atoms with Crippen molar-refractivity contribution >= 4 is 35.1 Å². The first-order chi connectivity index (χ1) is 16.6. The molecule has 1 heterocycles. The van der Waals surface area contributed by atoms with Gasteiger partial charge in [0.05, 0.1) is 28.7 Å². The van der Waals surface area contributed by atoms with E-state index in [-0.39, 0.29) is 46.7 Å². The monoisotopic (exact) mass is 484 g/mol. The van der Waals surface area contributed by atoms with E-state index in [1.807, 2.05) is 12.2 Å². The van der Waals surface area contributed by atoms with E-state index >= 15 is 0 Å². The van der Waals surface area contributed by atoms with Crippen LogP contribution in [0.4, 0.5) is 24.5 Å². The van der Waals surface area contributed by atoms with Gasteiger partial charge in [-0.25, -0.2) is 4.79 Å². The van der Waals surface area contributed by atoms with Crippen LogP contribution in [0.2, 0.25) is 0 Å². The lowest BCUT2D eigenvalue weighted by molar-refractivity contribution is -0.137. The van der Waals surface area contributed by atoms with Crippen LogP contribution in [-0.2, 0) is 25.3 Å². The highest BCUT2D eigenvalue weighted by Gasteiger charge is 2.59. The van der Waals surface area contributed by atoms with E-state index in [9.17, 15) is 32.3 Å². The Kier molecular flexibility index (Phi) is 5.46. The van der Waals surface area contributed by atoms with Gasteiger partial charge in [-0.3, -0.25) is 19.3 Å². The molecule has 7 nitrogen and oxygen atoms in total. The fraction of sp³-hybridized carbons (Fsp3) is 0.280. The Morgan fingerprint density at radius 3 is 2.20 bits per heavy atom. The topological polar surface area (TPSA) is 92.8 Å². The highest BCUT2D eigenvalue weighted by molar-refractivity contribution is 6.22. The minimum Gasteiger partial charge on any atom is -0.452 e. The minimum absolute atomic E-state index is 0.0846. The van der Waals surface area contributed by atoms with Gasteiger partial charge < -0.3 is 10.1 Å². The molecule has 1 N–H and O–H groups in total. The van der Waals surface area contributed by atoms with Crippen molar-refractivity contribution in [3.63, 3.8) is 0 Å². The van der Waals surface area contributed by atoms with Crippen molar-refractivity contribution in [3.8, 4) is 0 Å². The third-order valence-corrected chi connectivity index (χ3v) is 6.64. The number of rotatable bonds is 5. The molecule has 1 aliphatic heterocycles. The Morgan fingerprint density at radius 1 is 0.971 bits per heavy atom. The van der Waals surface area contributed by atoms with Crippen molar-refractivity contribution in [2.45, 2.75) is 12.6 Å². The SMILES string of the molecule is O=C(COC(=O)c1ccc(N2C(=O)[C@H]3[C@H](C2=O)[C@H]2C=C[C@H]3C2)cc1)Nc1cccc(C(F)(F)F)c1. The summed E-state index contributed by atoms with van der Waals surface area (Å²) in [5, 5.41) is 2.25. The van der Waals surface area contributed by atoms with Gasteiger partial charge in [0.1, 0.15) is 0 Å². The van der Waals surface area contributed by atoms with Crippen LogP contribution in [0.1, 0.15) is 22.3 Å². The molecule has 2 fully saturated rings. The summed E-state index contributed by atoms with van der Waals surface area (Å²) in [7, 11) is 0. The fourth-order valence-corrected chi connectivity index (χ4v) is 5.09. The average molecular weight is 484 g/mol. The first-order valence-corrected chi connectivity index (χ1v) is 10.9. The summed E-state index contributed by atoms with van der Waals surface area (Å²) in [6.45, 7) is -0.709. The number of halogens is 3. The molecule has 2 aromatic carbocycles. The van der Waals surface area contributed by atoms with Gasteiger partial charge in [0.2, 0.25) is 11.8 Å². The van der Waals surface area contributed by atoms with Gasteiger partial charge in [0.15, 0.2) is 6.61 Å². The number of carbonyl (C=O) groups excluding carboxylic acids is 4. The highest BCUT2D eigenvalue weighted by Crippen LogP contribution is 2.53. The van der Waals surface area contributed by atoms with E-state index in [1.165, 1.54) is 35.2 Å². The third kappa shape index (κ3) is 4.09. The first kappa shape index (κ1) is 22.8. The normalized spacial score (nSPS) is 24.6. The summed E-state index contributed by atoms with van der Waals surface area (Å²) in [5.74, 6) is -2.62. The van der Waals surface area contributed by atoms with Crippen molar-refractivity contribution in [2.24, 2.45) is 23.7 Å². The van der Waals surface area contributed by atoms with Crippen LogP contribution in [0.15, 0.2) is 60.7 Å². The van der Waals surface area contributed by atoms with Gasteiger partial charge in [0, 0.05) is 5.69 Å². The summed E-state index contributed by atoms with van der Waals surface area (Å²) >= 11 is 0. The number of alkyl halides is 3. The molecular formula is C25H19F3N2O5. The smallest absolute Gasteiger partial charge is 0.416 e. The van der Waals surface area contributed by atoms with E-state index in [4.69, 9.17) is 4.74 Å². The number of nitrogens with zero attached hydrogens (tertiary/aromatic N) is 1. The molecule has 0 aromatic heterocycles. The van der Waals surface area contributed by atoms with Crippen LogP contribution in [0.25, 0.3) is 0 Å². The molecule has 1 saturated carbocycles. The number of anilines is 2. The maximum absolute atomic E-state index is 12.9. The van der Waals surface area contributed by atoms with E-state index in [1.54, 1.807) is 0 Å². The third-order valence-electron chi connectivity index (χ3n) is 6.64. The highest BCUT2D eigenvalue weighted by atomic mass is 19.4. The Bertz CT molecular complexity index is 1220. The van der Waals surface area contributed by atoms with Crippen molar-refractivity contribution < 1.29 is 37.1 Å². The van der Waals surface area contributed by atoms with Crippen LogP contribution in [0.3, 0.4) is 0 Å². The Hall–Kier alpha value is -3.95. The molecule has 4 atom stereocenters. The predicted octanol–water partition coefficient (Wildman–Crippen LogP) is 3.81. The molecular weight excluding hydrogens is 465 g/mol. The Balaban J connectivity index is 1.18. The summed E-state index contributed by atoms with van der Waals surface area (Å²) in [6.07, 6.45) is 0.275. The molecule has 3 amide bonds. The van der Waals surface area contributed by atoms with Crippen LogP contribution in [0.5, 0.6) is 0 Å². The molecule has 2 bridgehead atoms. The van der Waals surface area contributed by atoms with Crippen molar-refractivity contribution in [1.29, 1.82) is 0 Å². The van der Waals surface area contributed by atoms with Crippen LogP contribution >= 0.6 is 0 Å². The van der Waals surface area contributed by atoms with E-state index in [0.717, 1.165) is 24.6 Å². The number of amides is 3. The van der Waals surface area contributed by atoms with Gasteiger partial charge >= 0.3 is 12.1 Å². The second kappa shape index (κ2) is 8.37. The number of imide groups is 1. The molecule has 1 saturated heterocycles. The maximum Gasteiger partial charge on any atom is 0.416 e. The second-order valence-corrected chi connectivity index (χ2v) is 8.76. The summed E-state index contributed by atoms with van der Waals surface area (Å²) < 4.78 is 43.3. The second-order valence-electron chi connectivity index (χ2n) is 8.76. The lowest BCUT2D eigenvalue weighted by atomic mass is 9.85. The Morgan fingerprint density at radius 2 is 1.60 bits per heavy atom. The standard InChI is InChI=1S/C25H19F3N2O5/c26-25(27,28)16-2-1-3-17(11-16)29-19(31)12-35-24(34)13-6-8-18(9-7-13)30-22(32)20-14-4-5-15(10-14)21(20)23(30)33/h1-9,11,14-15,20-21H,10,12H2,(H,29,31)/t14-,15-,20+,21+/m0/s1. The number of carbonyl (C=O) groups is 4. The number of hydrogen-bond acceptors (Lipinski definition) is 5. The minimum atomic E-state index is -4.56. The number of nitrogens with one attached hydrogen (secondary N) is 1. The lowest BCUT2D eigenvalue weighted by Crippen LogP contribution is -2.32. The van der Waals surface area contributed by atoms with Gasteiger partial charge in [-0.15, -0.1) is 0 Å². The average Bonchev–Trinajstić information content (AvgIpc) is 3.51. The molecule has 5 rings (SSSR count). The van der Waals surface area contributed by atoms with Crippen molar-refractivity contribution in [3.05, 3.63) is 71.8 Å². The quantitative estimate of drug-likeness (QED) is 0.396. The molecule has 180 valence electrons.